The van der Waals surface area contributed by atoms with E-state index >= 15 is 0 Å². The first-order valence-corrected chi connectivity index (χ1v) is 4.88. The van der Waals surface area contributed by atoms with Crippen LogP contribution in [0.5, 0.6) is 0 Å². The summed E-state index contributed by atoms with van der Waals surface area (Å²) in [6, 6.07) is 0. The van der Waals surface area contributed by atoms with E-state index < -0.39 is 12.6 Å². The fourth-order valence-electron chi connectivity index (χ4n) is 0.779. The lowest BCUT2D eigenvalue weighted by Gasteiger charge is -2.06. The molecular formula is C6H7ClF3N3S. The Morgan fingerprint density at radius 3 is 2.57 bits per heavy atom. The van der Waals surface area contributed by atoms with E-state index in [2.05, 4.69) is 14.1 Å². The van der Waals surface area contributed by atoms with Crippen LogP contribution in [0.4, 0.5) is 19.0 Å². The zero-order valence-corrected chi connectivity index (χ0v) is 8.51. The van der Waals surface area contributed by atoms with Gasteiger partial charge in [0, 0.05) is 13.0 Å². The molecule has 8 heteroatoms. The van der Waals surface area contributed by atoms with E-state index in [-0.39, 0.29) is 18.1 Å². The largest absolute Gasteiger partial charge is 0.389 e. The fraction of sp³-hybridized carbons (Fsp3) is 0.667. The molecule has 0 atom stereocenters. The van der Waals surface area contributed by atoms with Crippen LogP contribution in [-0.4, -0.2) is 21.5 Å². The van der Waals surface area contributed by atoms with Crippen molar-refractivity contribution in [2.24, 2.45) is 0 Å². The van der Waals surface area contributed by atoms with Gasteiger partial charge in [-0.25, -0.2) is 0 Å². The van der Waals surface area contributed by atoms with E-state index in [9.17, 15) is 13.2 Å². The Hall–Kier alpha value is -0.560. The van der Waals surface area contributed by atoms with Crippen LogP contribution in [0.15, 0.2) is 0 Å². The van der Waals surface area contributed by atoms with Gasteiger partial charge >= 0.3 is 6.18 Å². The molecule has 0 saturated heterocycles. The van der Waals surface area contributed by atoms with E-state index in [1.807, 2.05) is 0 Å². The lowest BCUT2D eigenvalue weighted by atomic mass is 10.3. The van der Waals surface area contributed by atoms with E-state index in [0.29, 0.717) is 5.82 Å². The molecule has 1 rings (SSSR count). The van der Waals surface area contributed by atoms with Gasteiger partial charge in [-0.1, -0.05) is 11.6 Å². The molecule has 0 aliphatic rings. The van der Waals surface area contributed by atoms with Crippen LogP contribution in [0.2, 0.25) is 5.15 Å². The van der Waals surface area contributed by atoms with Gasteiger partial charge in [0.1, 0.15) is 0 Å². The summed E-state index contributed by atoms with van der Waals surface area (Å²) in [5.74, 6) is 0.346. The van der Waals surface area contributed by atoms with Gasteiger partial charge in [-0.3, -0.25) is 0 Å². The van der Waals surface area contributed by atoms with Crippen molar-refractivity contribution >= 4 is 29.1 Å². The van der Waals surface area contributed by atoms with Gasteiger partial charge in [-0.2, -0.15) is 21.9 Å². The third kappa shape index (κ3) is 4.10. The number of hydrogen-bond acceptors (Lipinski definition) is 4. The van der Waals surface area contributed by atoms with Crippen molar-refractivity contribution in [2.45, 2.75) is 19.0 Å². The maximum Gasteiger partial charge on any atom is 0.389 e. The molecule has 1 aromatic rings. The minimum absolute atomic E-state index is 0.00262. The molecule has 0 aliphatic carbocycles. The molecule has 0 amide bonds. The fourth-order valence-corrected chi connectivity index (χ4v) is 1.46. The zero-order chi connectivity index (χ0) is 10.6. The molecule has 1 N–H and O–H groups in total. The van der Waals surface area contributed by atoms with Crippen molar-refractivity contribution in [2.75, 3.05) is 11.9 Å². The molecule has 3 nitrogen and oxygen atoms in total. The molecule has 80 valence electrons. The molecule has 14 heavy (non-hydrogen) atoms. The summed E-state index contributed by atoms with van der Waals surface area (Å²) in [6.07, 6.45) is -4.92. The second-order valence-electron chi connectivity index (χ2n) is 2.55. The quantitative estimate of drug-likeness (QED) is 0.829. The molecule has 0 fully saturated rings. The predicted octanol–water partition coefficient (Wildman–Crippen LogP) is 2.95. The summed E-state index contributed by atoms with van der Waals surface area (Å²) in [4.78, 5) is 0. The van der Waals surface area contributed by atoms with Crippen molar-refractivity contribution < 1.29 is 13.2 Å². The third-order valence-corrected chi connectivity index (χ3v) is 2.27. The van der Waals surface area contributed by atoms with Crippen LogP contribution in [0, 0.1) is 0 Å². The molecule has 1 heterocycles. The van der Waals surface area contributed by atoms with E-state index in [1.165, 1.54) is 0 Å². The molecule has 1 aromatic heterocycles. The van der Waals surface area contributed by atoms with Gasteiger partial charge in [0.2, 0.25) is 0 Å². The Balaban J connectivity index is 2.20. The van der Waals surface area contributed by atoms with Crippen LogP contribution >= 0.6 is 23.3 Å². The first-order valence-electron chi connectivity index (χ1n) is 3.78. The summed E-state index contributed by atoms with van der Waals surface area (Å²) >= 11 is 6.47. The summed E-state index contributed by atoms with van der Waals surface area (Å²) < 4.78 is 42.6. The minimum Gasteiger partial charge on any atom is -0.367 e. The number of rotatable bonds is 4. The monoisotopic (exact) mass is 245 g/mol. The predicted molar refractivity (Wildman–Crippen MR) is 48.7 cm³/mol. The number of aromatic nitrogens is 2. The van der Waals surface area contributed by atoms with Gasteiger partial charge < -0.3 is 5.32 Å². The van der Waals surface area contributed by atoms with Gasteiger partial charge in [-0.15, -0.1) is 0 Å². The van der Waals surface area contributed by atoms with Crippen molar-refractivity contribution in [3.63, 3.8) is 0 Å². The summed E-state index contributed by atoms with van der Waals surface area (Å²) in [6.45, 7) is 0.185. The number of nitrogens with one attached hydrogen (secondary N) is 1. The second-order valence-corrected chi connectivity index (χ2v) is 3.44. The van der Waals surface area contributed by atoms with Gasteiger partial charge in [-0.05, 0) is 6.42 Å². The average molecular weight is 246 g/mol. The van der Waals surface area contributed by atoms with E-state index in [4.69, 9.17) is 11.6 Å². The second kappa shape index (κ2) is 4.79. The Morgan fingerprint density at radius 2 is 2.07 bits per heavy atom. The van der Waals surface area contributed by atoms with Crippen LogP contribution < -0.4 is 5.32 Å². The van der Waals surface area contributed by atoms with Crippen LogP contribution in [-0.2, 0) is 0 Å². The van der Waals surface area contributed by atoms with Crippen LogP contribution in [0.1, 0.15) is 12.8 Å². The van der Waals surface area contributed by atoms with Gasteiger partial charge in [0.05, 0.1) is 11.7 Å². The molecular weight excluding hydrogens is 239 g/mol. The number of halogens is 4. The van der Waals surface area contributed by atoms with Crippen LogP contribution in [0.25, 0.3) is 0 Å². The highest BCUT2D eigenvalue weighted by atomic mass is 35.5. The maximum absolute atomic E-state index is 11.7. The minimum atomic E-state index is -4.11. The molecule has 0 aliphatic heterocycles. The normalized spacial score (nSPS) is 11.7. The van der Waals surface area contributed by atoms with Crippen molar-refractivity contribution in [1.29, 1.82) is 0 Å². The van der Waals surface area contributed by atoms with Crippen LogP contribution in [0.3, 0.4) is 0 Å². The molecule has 0 aromatic carbocycles. The zero-order valence-electron chi connectivity index (χ0n) is 6.94. The van der Waals surface area contributed by atoms with E-state index in [0.717, 1.165) is 11.7 Å². The first kappa shape index (κ1) is 11.5. The van der Waals surface area contributed by atoms with Gasteiger partial charge in [0.15, 0.2) is 11.0 Å². The van der Waals surface area contributed by atoms with E-state index in [1.54, 1.807) is 0 Å². The van der Waals surface area contributed by atoms with Crippen molar-refractivity contribution in [3.8, 4) is 0 Å². The summed E-state index contributed by atoms with van der Waals surface area (Å²) in [5, 5.41) is 2.87. The van der Waals surface area contributed by atoms with Crippen molar-refractivity contribution in [1.82, 2.24) is 8.75 Å². The third-order valence-electron chi connectivity index (χ3n) is 1.38. The number of hydrogen-bond donors (Lipinski definition) is 1. The first-order chi connectivity index (χ1) is 6.49. The number of anilines is 1. The highest BCUT2D eigenvalue weighted by molar-refractivity contribution is 6.99. The summed E-state index contributed by atoms with van der Waals surface area (Å²) in [5.41, 5.74) is 0. The SMILES string of the molecule is FC(F)(F)CCCNc1nsnc1Cl. The smallest absolute Gasteiger partial charge is 0.367 e. The average Bonchev–Trinajstić information content (AvgIpc) is 2.44. The lowest BCUT2D eigenvalue weighted by Crippen LogP contribution is -2.11. The highest BCUT2D eigenvalue weighted by Crippen LogP contribution is 2.22. The Kier molecular flexibility index (Phi) is 3.94. The lowest BCUT2D eigenvalue weighted by molar-refractivity contribution is -0.134. The Labute approximate surface area is 87.6 Å². The van der Waals surface area contributed by atoms with Gasteiger partial charge in [0.25, 0.3) is 0 Å². The molecule has 0 bridgehead atoms. The highest BCUT2D eigenvalue weighted by Gasteiger charge is 2.25. The summed E-state index contributed by atoms with van der Waals surface area (Å²) in [7, 11) is 0. The standard InChI is InChI=1S/C6H7ClF3N3S/c7-4-5(13-14-12-4)11-3-1-2-6(8,9)10/h1-3H2,(H,11,13). The maximum atomic E-state index is 11.7. The Bertz CT molecular complexity index is 288. The van der Waals surface area contributed by atoms with Crippen molar-refractivity contribution in [3.05, 3.63) is 5.15 Å². The topological polar surface area (TPSA) is 37.8 Å². The number of nitrogens with zero attached hydrogens (tertiary/aromatic N) is 2. The number of alkyl halides is 3. The molecule has 0 unspecified atom stereocenters. The Morgan fingerprint density at radius 1 is 1.36 bits per heavy atom. The molecule has 0 saturated carbocycles. The molecule has 0 spiro atoms. The molecule has 0 radical (unpaired) electrons.